The summed E-state index contributed by atoms with van der Waals surface area (Å²) in [5.41, 5.74) is 0. The summed E-state index contributed by atoms with van der Waals surface area (Å²) in [6.07, 6.45) is 53.0. The molecule has 0 rings (SSSR count). The van der Waals surface area contributed by atoms with Crippen molar-refractivity contribution in [3.05, 3.63) is 97.2 Å². The fourth-order valence-corrected chi connectivity index (χ4v) is 5.82. The minimum absolute atomic E-state index is 0.0158. The molecule has 8 nitrogen and oxygen atoms in total. The van der Waals surface area contributed by atoms with Crippen molar-refractivity contribution in [2.24, 2.45) is 0 Å². The summed E-state index contributed by atoms with van der Waals surface area (Å²) >= 11 is 0. The summed E-state index contributed by atoms with van der Waals surface area (Å²) < 4.78 is 17.1. The smallest absolute Gasteiger partial charge is 0.306 e. The number of unbranched alkanes of at least 4 members (excludes halogenated alkanes) is 8. The van der Waals surface area contributed by atoms with Crippen LogP contribution in [0.25, 0.3) is 0 Å². The predicted molar refractivity (Wildman–Crippen MR) is 240 cm³/mol. The summed E-state index contributed by atoms with van der Waals surface area (Å²) in [6, 6.07) is -0.740. The number of rotatable bonds is 38. The number of carboxylic acid groups (broad SMARTS) is 1. The Morgan fingerprint density at radius 1 is 0.517 bits per heavy atom. The van der Waals surface area contributed by atoms with E-state index in [4.69, 9.17) is 14.2 Å². The molecule has 2 unspecified atom stereocenters. The zero-order valence-corrected chi connectivity index (χ0v) is 37.2. The molecule has 58 heavy (non-hydrogen) atoms. The van der Waals surface area contributed by atoms with Crippen molar-refractivity contribution < 1.29 is 38.2 Å². The van der Waals surface area contributed by atoms with Crippen LogP contribution in [0.5, 0.6) is 0 Å². The van der Waals surface area contributed by atoms with Crippen molar-refractivity contribution in [1.29, 1.82) is 0 Å². The summed E-state index contributed by atoms with van der Waals surface area (Å²) in [4.78, 5) is 36.8. The minimum atomic E-state index is -1.14. The highest BCUT2D eigenvalue weighted by Crippen LogP contribution is 2.12. The van der Waals surface area contributed by atoms with Crippen molar-refractivity contribution in [3.63, 3.8) is 0 Å². The van der Waals surface area contributed by atoms with Gasteiger partial charge >= 0.3 is 11.9 Å². The van der Waals surface area contributed by atoms with Crippen LogP contribution in [0.1, 0.15) is 149 Å². The Bertz CT molecular complexity index is 1260. The van der Waals surface area contributed by atoms with E-state index in [9.17, 15) is 19.5 Å². The number of carbonyl (C=O) groups excluding carboxylic acids is 3. The van der Waals surface area contributed by atoms with Gasteiger partial charge in [0.25, 0.3) is 0 Å². The number of carbonyl (C=O) groups is 3. The first-order chi connectivity index (χ1) is 28.1. The lowest BCUT2D eigenvalue weighted by atomic mass is 10.1. The van der Waals surface area contributed by atoms with Gasteiger partial charge in [0, 0.05) is 19.3 Å². The van der Waals surface area contributed by atoms with Crippen LogP contribution in [0, 0.1) is 0 Å². The van der Waals surface area contributed by atoms with Crippen LogP contribution in [0.15, 0.2) is 97.2 Å². The van der Waals surface area contributed by atoms with Gasteiger partial charge in [0.1, 0.15) is 12.6 Å². The number of ether oxygens (including phenoxy) is 3. The van der Waals surface area contributed by atoms with E-state index in [0.717, 1.165) is 103 Å². The number of allylic oxidation sites excluding steroid dienone is 16. The average Bonchev–Trinajstić information content (AvgIpc) is 3.18. The Balaban J connectivity index is 4.39. The van der Waals surface area contributed by atoms with Crippen molar-refractivity contribution >= 4 is 17.9 Å². The molecule has 8 heteroatoms. The van der Waals surface area contributed by atoms with Gasteiger partial charge in [-0.05, 0) is 89.9 Å². The lowest BCUT2D eigenvalue weighted by Crippen LogP contribution is -2.55. The molecule has 0 heterocycles. The average molecular weight is 808 g/mol. The van der Waals surface area contributed by atoms with E-state index in [2.05, 4.69) is 111 Å². The third kappa shape index (κ3) is 37.8. The molecule has 0 aliphatic heterocycles. The highest BCUT2D eigenvalue weighted by molar-refractivity contribution is 5.70. The Kier molecular flexibility index (Phi) is 37.5. The van der Waals surface area contributed by atoms with Crippen molar-refractivity contribution in [1.82, 2.24) is 0 Å². The molecule has 0 amide bonds. The third-order valence-corrected chi connectivity index (χ3v) is 9.22. The van der Waals surface area contributed by atoms with Gasteiger partial charge in [-0.15, -0.1) is 0 Å². The van der Waals surface area contributed by atoms with E-state index >= 15 is 0 Å². The second-order valence-corrected chi connectivity index (χ2v) is 15.5. The fraction of sp³-hybridized carbons (Fsp3) is 0.620. The van der Waals surface area contributed by atoms with Crippen LogP contribution in [0.3, 0.4) is 0 Å². The molecule has 0 saturated heterocycles. The first kappa shape index (κ1) is 54.2. The number of carboxylic acids is 1. The molecule has 2 atom stereocenters. The van der Waals surface area contributed by atoms with Crippen molar-refractivity contribution in [2.75, 3.05) is 41.0 Å². The first-order valence-electron chi connectivity index (χ1n) is 22.3. The van der Waals surface area contributed by atoms with Gasteiger partial charge < -0.3 is 28.6 Å². The normalized spacial score (nSPS) is 13.9. The molecule has 0 aliphatic rings. The van der Waals surface area contributed by atoms with Crippen LogP contribution < -0.4 is 5.11 Å². The van der Waals surface area contributed by atoms with Gasteiger partial charge in [0.05, 0.1) is 40.3 Å². The standard InChI is InChI=1S/C50H81NO7/c1-6-8-10-12-14-16-18-20-21-22-23-24-25-26-27-28-29-31-33-35-37-39-41-49(53)58-46(44-56-43-42-47(50(54)55)51(3,4)5)45-57-48(52)40-38-36-34-32-30-19-17-15-13-11-9-7-2/h8-11,14-17,20-21,23-24,26-27,30,32,46-47H,6-7,12-13,18-19,22,25,28-29,31,33-45H2,1-5H3/b10-8+,11-9+,16-14+,17-15+,21-20+,24-23+,27-26+,32-30+. The van der Waals surface area contributed by atoms with E-state index in [0.29, 0.717) is 6.42 Å². The van der Waals surface area contributed by atoms with Crippen molar-refractivity contribution in [3.8, 4) is 0 Å². The maximum absolute atomic E-state index is 12.7. The fourth-order valence-electron chi connectivity index (χ4n) is 5.82. The molecule has 0 spiro atoms. The molecule has 0 aromatic rings. The molecule has 0 radical (unpaired) electrons. The molecule has 0 aromatic carbocycles. The molecule has 0 aliphatic carbocycles. The highest BCUT2D eigenvalue weighted by atomic mass is 16.6. The molecule has 0 bridgehead atoms. The van der Waals surface area contributed by atoms with Crippen LogP contribution in [0.4, 0.5) is 0 Å². The summed E-state index contributed by atoms with van der Waals surface area (Å²) in [5.74, 6) is -1.82. The summed E-state index contributed by atoms with van der Waals surface area (Å²) in [6.45, 7) is 4.35. The van der Waals surface area contributed by atoms with E-state index < -0.39 is 18.1 Å². The largest absolute Gasteiger partial charge is 0.544 e. The number of hydrogen-bond acceptors (Lipinski definition) is 7. The molecule has 0 saturated carbocycles. The maximum Gasteiger partial charge on any atom is 0.306 e. The molecular weight excluding hydrogens is 727 g/mol. The van der Waals surface area contributed by atoms with Gasteiger partial charge in [-0.1, -0.05) is 137 Å². The van der Waals surface area contributed by atoms with Crippen LogP contribution in [0.2, 0.25) is 0 Å². The molecular formula is C50H81NO7. The SMILES string of the molecule is CC/C=C/C/C=C/C/C=C/C/C=C/C/C=C/CCCCCCCCC(=O)OC(COCCC(C(=O)[O-])[N+](C)(C)C)COC(=O)CCCC/C=C/C/C=C/C/C=C/CC. The van der Waals surface area contributed by atoms with Gasteiger partial charge in [-0.25, -0.2) is 0 Å². The number of quaternary nitrogens is 1. The predicted octanol–water partition coefficient (Wildman–Crippen LogP) is 11.0. The van der Waals surface area contributed by atoms with Gasteiger partial charge in [0.2, 0.25) is 0 Å². The Labute approximate surface area is 354 Å². The number of aliphatic carboxylic acids is 1. The molecule has 0 fully saturated rings. The quantitative estimate of drug-likeness (QED) is 0.0265. The summed E-state index contributed by atoms with van der Waals surface area (Å²) in [7, 11) is 5.38. The number of nitrogens with zero attached hydrogens (tertiary/aromatic N) is 1. The second-order valence-electron chi connectivity index (χ2n) is 15.5. The monoisotopic (exact) mass is 808 g/mol. The molecule has 0 N–H and O–H groups in total. The van der Waals surface area contributed by atoms with Crippen LogP contribution in [-0.2, 0) is 28.6 Å². The van der Waals surface area contributed by atoms with Gasteiger partial charge in [-0.3, -0.25) is 9.59 Å². The number of hydrogen-bond donors (Lipinski definition) is 0. The number of esters is 2. The molecule has 328 valence electrons. The highest BCUT2D eigenvalue weighted by Gasteiger charge is 2.25. The van der Waals surface area contributed by atoms with Gasteiger partial charge in [-0.2, -0.15) is 0 Å². The Morgan fingerprint density at radius 3 is 1.38 bits per heavy atom. The third-order valence-electron chi connectivity index (χ3n) is 9.22. The Morgan fingerprint density at radius 2 is 0.914 bits per heavy atom. The van der Waals surface area contributed by atoms with Gasteiger partial charge in [0.15, 0.2) is 6.10 Å². The zero-order chi connectivity index (χ0) is 42.8. The number of likely N-dealkylation sites (N-methyl/N-ethyl adjacent to an activating group) is 1. The van der Waals surface area contributed by atoms with E-state index in [1.165, 1.54) is 6.42 Å². The zero-order valence-electron chi connectivity index (χ0n) is 37.2. The Hall–Kier alpha value is -3.75. The van der Waals surface area contributed by atoms with Crippen LogP contribution in [-0.4, -0.2) is 75.5 Å². The van der Waals surface area contributed by atoms with E-state index in [-0.39, 0.29) is 55.5 Å². The van der Waals surface area contributed by atoms with Crippen LogP contribution >= 0.6 is 0 Å². The lowest BCUT2D eigenvalue weighted by Gasteiger charge is -2.34. The topological polar surface area (TPSA) is 102 Å². The second kappa shape index (κ2) is 40.0. The lowest BCUT2D eigenvalue weighted by molar-refractivity contribution is -0.889. The van der Waals surface area contributed by atoms with E-state index in [1.807, 2.05) is 0 Å². The maximum atomic E-state index is 12.7. The van der Waals surface area contributed by atoms with Crippen molar-refractivity contribution in [2.45, 2.75) is 161 Å². The summed E-state index contributed by atoms with van der Waals surface area (Å²) in [5, 5.41) is 11.6. The molecule has 0 aromatic heterocycles. The first-order valence-corrected chi connectivity index (χ1v) is 22.3. The van der Waals surface area contributed by atoms with E-state index in [1.54, 1.807) is 21.1 Å². The minimum Gasteiger partial charge on any atom is -0.544 e.